The molecule has 1 heterocycles. The standard InChI is InChI=1S/C21H29FN2O3/c1-14-13-24(19(26)27-20(2,3)4)11-8-17(14)23-18(25)21(9-10-21)15-6-5-7-16(22)12-15/h5-7,12,14,17H,8-11,13H2,1-4H3,(H,23,25). The lowest BCUT2D eigenvalue weighted by molar-refractivity contribution is -0.125. The van der Waals surface area contributed by atoms with Crippen molar-refractivity contribution in [2.24, 2.45) is 5.92 Å². The molecule has 0 bridgehead atoms. The molecule has 2 unspecified atom stereocenters. The topological polar surface area (TPSA) is 58.6 Å². The average molecular weight is 376 g/mol. The first-order chi connectivity index (χ1) is 12.6. The maximum Gasteiger partial charge on any atom is 0.410 e. The van der Waals surface area contributed by atoms with E-state index in [-0.39, 0.29) is 29.8 Å². The van der Waals surface area contributed by atoms with Gasteiger partial charge in [-0.25, -0.2) is 9.18 Å². The van der Waals surface area contributed by atoms with Crippen LogP contribution in [0.25, 0.3) is 0 Å². The molecule has 3 rings (SSSR count). The number of nitrogens with zero attached hydrogens (tertiary/aromatic N) is 1. The highest BCUT2D eigenvalue weighted by molar-refractivity contribution is 5.91. The zero-order valence-electron chi connectivity index (χ0n) is 16.5. The van der Waals surface area contributed by atoms with Crippen LogP contribution in [0.15, 0.2) is 24.3 Å². The van der Waals surface area contributed by atoms with Gasteiger partial charge in [-0.2, -0.15) is 0 Å². The number of likely N-dealkylation sites (tertiary alicyclic amines) is 1. The first kappa shape index (κ1) is 19.6. The van der Waals surface area contributed by atoms with Gasteiger partial charge < -0.3 is 15.0 Å². The number of hydrogen-bond donors (Lipinski definition) is 1. The van der Waals surface area contributed by atoms with Crippen molar-refractivity contribution in [3.8, 4) is 0 Å². The largest absolute Gasteiger partial charge is 0.444 e. The van der Waals surface area contributed by atoms with E-state index < -0.39 is 11.0 Å². The van der Waals surface area contributed by atoms with Crippen molar-refractivity contribution in [2.45, 2.75) is 64.0 Å². The molecule has 0 spiro atoms. The summed E-state index contributed by atoms with van der Waals surface area (Å²) in [4.78, 5) is 26.9. The summed E-state index contributed by atoms with van der Waals surface area (Å²) < 4.78 is 19.0. The molecule has 1 aliphatic heterocycles. The van der Waals surface area contributed by atoms with Crippen LogP contribution in [0.4, 0.5) is 9.18 Å². The molecular formula is C21H29FN2O3. The van der Waals surface area contributed by atoms with Crippen molar-refractivity contribution >= 4 is 12.0 Å². The van der Waals surface area contributed by atoms with Crippen molar-refractivity contribution in [3.63, 3.8) is 0 Å². The second kappa shape index (κ2) is 7.13. The minimum absolute atomic E-state index is 0.00206. The van der Waals surface area contributed by atoms with E-state index in [1.54, 1.807) is 11.0 Å². The summed E-state index contributed by atoms with van der Waals surface area (Å²) in [5, 5.41) is 3.16. The molecule has 1 aromatic carbocycles. The minimum atomic E-state index is -0.593. The van der Waals surface area contributed by atoms with E-state index in [2.05, 4.69) is 5.32 Å². The van der Waals surface area contributed by atoms with Crippen molar-refractivity contribution in [2.75, 3.05) is 13.1 Å². The molecule has 2 aliphatic rings. The number of ether oxygens (including phenoxy) is 1. The quantitative estimate of drug-likeness (QED) is 0.877. The molecule has 5 nitrogen and oxygen atoms in total. The molecule has 0 aromatic heterocycles. The van der Waals surface area contributed by atoms with E-state index in [1.165, 1.54) is 12.1 Å². The molecule has 2 fully saturated rings. The van der Waals surface area contributed by atoms with E-state index in [0.717, 1.165) is 18.4 Å². The lowest BCUT2D eigenvalue weighted by Crippen LogP contribution is -2.53. The van der Waals surface area contributed by atoms with Gasteiger partial charge in [-0.05, 0) is 63.6 Å². The maximum absolute atomic E-state index is 13.6. The van der Waals surface area contributed by atoms with Crippen molar-refractivity contribution in [1.82, 2.24) is 10.2 Å². The first-order valence-electron chi connectivity index (χ1n) is 9.66. The first-order valence-corrected chi connectivity index (χ1v) is 9.66. The van der Waals surface area contributed by atoms with E-state index in [0.29, 0.717) is 19.5 Å². The molecule has 0 radical (unpaired) electrons. The molecule has 1 aliphatic carbocycles. The predicted octanol–water partition coefficient (Wildman–Crippen LogP) is 3.62. The number of amides is 2. The summed E-state index contributed by atoms with van der Waals surface area (Å²) in [5.74, 6) is -0.222. The van der Waals surface area contributed by atoms with Crippen molar-refractivity contribution < 1.29 is 18.7 Å². The van der Waals surface area contributed by atoms with Crippen LogP contribution in [0.3, 0.4) is 0 Å². The number of hydrogen-bond acceptors (Lipinski definition) is 3. The zero-order valence-corrected chi connectivity index (χ0v) is 16.5. The van der Waals surface area contributed by atoms with Crippen LogP contribution in [-0.2, 0) is 14.9 Å². The molecule has 6 heteroatoms. The molecule has 1 saturated carbocycles. The third-order valence-electron chi connectivity index (χ3n) is 5.44. The molecule has 1 aromatic rings. The Kier molecular flexibility index (Phi) is 5.19. The van der Waals surface area contributed by atoms with Gasteiger partial charge in [0.1, 0.15) is 11.4 Å². The number of piperidine rings is 1. The fraction of sp³-hybridized carbons (Fsp3) is 0.619. The molecular weight excluding hydrogens is 347 g/mol. The molecule has 27 heavy (non-hydrogen) atoms. The zero-order chi connectivity index (χ0) is 19.8. The SMILES string of the molecule is CC1CN(C(=O)OC(C)(C)C)CCC1NC(=O)C1(c2cccc(F)c2)CC1. The molecule has 2 amide bonds. The van der Waals surface area contributed by atoms with Crippen LogP contribution in [0.1, 0.15) is 52.5 Å². The number of rotatable bonds is 3. The van der Waals surface area contributed by atoms with Gasteiger partial charge in [0, 0.05) is 19.1 Å². The third-order valence-corrected chi connectivity index (χ3v) is 5.44. The normalized spacial score (nSPS) is 24.3. The monoisotopic (exact) mass is 376 g/mol. The van der Waals surface area contributed by atoms with E-state index >= 15 is 0 Å². The van der Waals surface area contributed by atoms with E-state index in [1.807, 2.05) is 33.8 Å². The summed E-state index contributed by atoms with van der Waals surface area (Å²) in [5.41, 5.74) is -0.363. The van der Waals surface area contributed by atoms with Crippen LogP contribution < -0.4 is 5.32 Å². The van der Waals surface area contributed by atoms with Crippen molar-refractivity contribution in [3.05, 3.63) is 35.6 Å². The van der Waals surface area contributed by atoms with Gasteiger partial charge in [-0.15, -0.1) is 0 Å². The average Bonchev–Trinajstić information content (AvgIpc) is 3.37. The van der Waals surface area contributed by atoms with Gasteiger partial charge in [-0.1, -0.05) is 19.1 Å². The van der Waals surface area contributed by atoms with Crippen LogP contribution >= 0.6 is 0 Å². The molecule has 1 saturated heterocycles. The highest BCUT2D eigenvalue weighted by Crippen LogP contribution is 2.48. The fourth-order valence-corrected chi connectivity index (χ4v) is 3.72. The highest BCUT2D eigenvalue weighted by atomic mass is 19.1. The van der Waals surface area contributed by atoms with Gasteiger partial charge in [0.05, 0.1) is 5.41 Å². The number of carbonyl (C=O) groups excluding carboxylic acids is 2. The Balaban J connectivity index is 1.59. The summed E-state index contributed by atoms with van der Waals surface area (Å²) >= 11 is 0. The Morgan fingerprint density at radius 3 is 2.56 bits per heavy atom. The summed E-state index contributed by atoms with van der Waals surface area (Å²) in [6, 6.07) is 6.33. The lowest BCUT2D eigenvalue weighted by Gasteiger charge is -2.38. The number of carbonyl (C=O) groups is 2. The Morgan fingerprint density at radius 1 is 1.30 bits per heavy atom. The molecule has 1 N–H and O–H groups in total. The summed E-state index contributed by atoms with van der Waals surface area (Å²) in [6.45, 7) is 8.68. The number of nitrogens with one attached hydrogen (secondary N) is 1. The third kappa shape index (κ3) is 4.42. The molecule has 2 atom stereocenters. The maximum atomic E-state index is 13.6. The summed E-state index contributed by atoms with van der Waals surface area (Å²) in [7, 11) is 0. The summed E-state index contributed by atoms with van der Waals surface area (Å²) in [6.07, 6.45) is 1.87. The Morgan fingerprint density at radius 2 is 2.00 bits per heavy atom. The lowest BCUT2D eigenvalue weighted by atomic mass is 9.90. The van der Waals surface area contributed by atoms with Crippen LogP contribution in [0.5, 0.6) is 0 Å². The Hall–Kier alpha value is -2.11. The van der Waals surface area contributed by atoms with Crippen LogP contribution in [-0.4, -0.2) is 41.6 Å². The molecule has 148 valence electrons. The minimum Gasteiger partial charge on any atom is -0.444 e. The van der Waals surface area contributed by atoms with Gasteiger partial charge >= 0.3 is 6.09 Å². The second-order valence-electron chi connectivity index (χ2n) is 8.86. The van der Waals surface area contributed by atoms with Crippen molar-refractivity contribution in [1.29, 1.82) is 0 Å². The van der Waals surface area contributed by atoms with Gasteiger partial charge in [0.2, 0.25) is 5.91 Å². The van der Waals surface area contributed by atoms with Crippen LogP contribution in [0, 0.1) is 11.7 Å². The Labute approximate surface area is 160 Å². The second-order valence-corrected chi connectivity index (χ2v) is 8.86. The van der Waals surface area contributed by atoms with E-state index in [9.17, 15) is 14.0 Å². The number of benzene rings is 1. The highest BCUT2D eigenvalue weighted by Gasteiger charge is 2.52. The van der Waals surface area contributed by atoms with Gasteiger partial charge in [0.25, 0.3) is 0 Å². The Bertz CT molecular complexity index is 724. The van der Waals surface area contributed by atoms with Gasteiger partial charge in [-0.3, -0.25) is 4.79 Å². The van der Waals surface area contributed by atoms with Gasteiger partial charge in [0.15, 0.2) is 0 Å². The van der Waals surface area contributed by atoms with E-state index in [4.69, 9.17) is 4.74 Å². The predicted molar refractivity (Wildman–Crippen MR) is 101 cm³/mol. The fourth-order valence-electron chi connectivity index (χ4n) is 3.72. The van der Waals surface area contributed by atoms with Crippen LogP contribution in [0.2, 0.25) is 0 Å². The number of halogens is 1. The smallest absolute Gasteiger partial charge is 0.410 e.